The number of quaternary nitrogens is 1. The lowest BCUT2D eigenvalue weighted by Gasteiger charge is -2.29. The number of carbonyl (C=O) groups excluding carboxylic acids is 1. The maximum Gasteiger partial charge on any atom is 0.260 e. The third-order valence-electron chi connectivity index (χ3n) is 3.29. The first kappa shape index (κ1) is 14.7. The zero-order chi connectivity index (χ0) is 15.0. The maximum atomic E-state index is 12.1. The Kier molecular flexibility index (Phi) is 3.68. The fraction of sp³-hybridized carbons (Fsp3) is 0.308. The van der Waals surface area contributed by atoms with Crippen molar-refractivity contribution in [3.05, 3.63) is 47.8 Å². The highest BCUT2D eigenvalue weighted by atomic mass is 32.2. The van der Waals surface area contributed by atoms with E-state index in [0.29, 0.717) is 5.56 Å². The van der Waals surface area contributed by atoms with Gasteiger partial charge >= 0.3 is 0 Å². The molecule has 0 aromatic heterocycles. The van der Waals surface area contributed by atoms with Gasteiger partial charge in [0.15, 0.2) is 12.5 Å². The highest BCUT2D eigenvalue weighted by molar-refractivity contribution is 7.80. The first-order valence-electron chi connectivity index (χ1n) is 6.06. The average Bonchev–Trinajstić information content (AvgIpc) is 2.72. The van der Waals surface area contributed by atoms with Crippen LogP contribution in [0, 0.1) is 6.92 Å². The standard InChI is InChI=1S/C13H16N2O4S/c1-11-3-5-12(6-4-11)13(16)9-14-7-8-15(2,10-14)20(17,18)19/h3-8H,9-10H2,1-2H3. The van der Waals surface area contributed by atoms with Crippen LogP contribution in [0.5, 0.6) is 0 Å². The minimum absolute atomic E-state index is 0.0446. The van der Waals surface area contributed by atoms with Crippen molar-refractivity contribution < 1.29 is 21.7 Å². The Morgan fingerprint density at radius 3 is 2.45 bits per heavy atom. The van der Waals surface area contributed by atoms with Gasteiger partial charge in [-0.2, -0.15) is 12.3 Å². The molecule has 0 saturated carbocycles. The smallest absolute Gasteiger partial charge is 0.260 e. The summed E-state index contributed by atoms with van der Waals surface area (Å²) in [4.78, 5) is 13.6. The van der Waals surface area contributed by atoms with Crippen molar-refractivity contribution in [1.82, 2.24) is 4.90 Å². The fourth-order valence-corrected chi connectivity index (χ4v) is 2.45. The van der Waals surface area contributed by atoms with Crippen LogP contribution in [0.1, 0.15) is 15.9 Å². The van der Waals surface area contributed by atoms with Crippen molar-refractivity contribution in [3.8, 4) is 0 Å². The molecule has 1 aromatic carbocycles. The van der Waals surface area contributed by atoms with Crippen molar-refractivity contribution in [2.75, 3.05) is 20.3 Å². The highest BCUT2D eigenvalue weighted by Gasteiger charge is 2.34. The number of ketones is 1. The van der Waals surface area contributed by atoms with Crippen LogP contribution in [-0.4, -0.2) is 47.8 Å². The molecule has 0 spiro atoms. The Morgan fingerprint density at radius 2 is 1.95 bits per heavy atom. The Hall–Kier alpha value is -1.70. The molecular formula is C13H16N2O4S. The number of hydrogen-bond donors (Lipinski definition) is 0. The van der Waals surface area contributed by atoms with E-state index in [0.717, 1.165) is 5.56 Å². The third kappa shape index (κ3) is 2.90. The molecule has 6 nitrogen and oxygen atoms in total. The van der Waals surface area contributed by atoms with Crippen LogP contribution >= 0.6 is 0 Å². The summed E-state index contributed by atoms with van der Waals surface area (Å²) < 4.78 is 32.7. The number of nitrogens with zero attached hydrogens (tertiary/aromatic N) is 2. The van der Waals surface area contributed by atoms with Crippen LogP contribution in [-0.2, 0) is 10.3 Å². The molecule has 1 aromatic rings. The average molecular weight is 296 g/mol. The molecule has 1 heterocycles. The largest absolute Gasteiger partial charge is 0.701 e. The molecule has 0 radical (unpaired) electrons. The van der Waals surface area contributed by atoms with E-state index in [1.165, 1.54) is 24.3 Å². The lowest BCUT2D eigenvalue weighted by molar-refractivity contribution is -0.736. The van der Waals surface area contributed by atoms with E-state index in [-0.39, 0.29) is 19.0 Å². The molecule has 7 heteroatoms. The minimum atomic E-state index is -4.49. The van der Waals surface area contributed by atoms with Crippen molar-refractivity contribution >= 4 is 16.1 Å². The second-order valence-electron chi connectivity index (χ2n) is 5.08. The second-order valence-corrected chi connectivity index (χ2v) is 6.77. The van der Waals surface area contributed by atoms with Crippen LogP contribution in [0.15, 0.2) is 36.7 Å². The van der Waals surface area contributed by atoms with Gasteiger partial charge in [-0.15, -0.1) is 0 Å². The molecule has 2 rings (SSSR count). The SMILES string of the molecule is Cc1ccc(C(=O)CN2C=C[N+](C)(S(=O)(=O)[O-])C2)cc1. The van der Waals surface area contributed by atoms with Crippen LogP contribution in [0.4, 0.5) is 0 Å². The molecular weight excluding hydrogens is 280 g/mol. The van der Waals surface area contributed by atoms with E-state index in [1.807, 2.05) is 19.1 Å². The van der Waals surface area contributed by atoms with Gasteiger partial charge in [-0.3, -0.25) is 4.79 Å². The molecule has 0 amide bonds. The van der Waals surface area contributed by atoms with Gasteiger partial charge in [-0.1, -0.05) is 29.8 Å². The highest BCUT2D eigenvalue weighted by Crippen LogP contribution is 2.20. The quantitative estimate of drug-likeness (QED) is 0.467. The molecule has 20 heavy (non-hydrogen) atoms. The number of carbonyl (C=O) groups is 1. The summed E-state index contributed by atoms with van der Waals surface area (Å²) in [7, 11) is -3.19. The normalized spacial score (nSPS) is 22.2. The van der Waals surface area contributed by atoms with E-state index >= 15 is 0 Å². The predicted octanol–water partition coefficient (Wildman–Crippen LogP) is 0.829. The summed E-state index contributed by atoms with van der Waals surface area (Å²) in [6.45, 7) is 1.92. The minimum Gasteiger partial charge on any atom is -0.701 e. The Balaban J connectivity index is 2.05. The maximum absolute atomic E-state index is 12.1. The van der Waals surface area contributed by atoms with Crippen molar-refractivity contribution in [2.24, 2.45) is 0 Å². The molecule has 0 aliphatic carbocycles. The summed E-state index contributed by atoms with van der Waals surface area (Å²) in [6, 6.07) is 7.15. The lowest BCUT2D eigenvalue weighted by atomic mass is 10.1. The van der Waals surface area contributed by atoms with E-state index in [2.05, 4.69) is 0 Å². The van der Waals surface area contributed by atoms with E-state index < -0.39 is 14.2 Å². The Bertz CT molecular complexity index is 651. The summed E-state index contributed by atoms with van der Waals surface area (Å²) >= 11 is 0. The van der Waals surface area contributed by atoms with E-state index in [4.69, 9.17) is 0 Å². The van der Waals surface area contributed by atoms with Gasteiger partial charge in [0.2, 0.25) is 0 Å². The molecule has 1 aliphatic rings. The van der Waals surface area contributed by atoms with Gasteiger partial charge in [0, 0.05) is 5.56 Å². The van der Waals surface area contributed by atoms with E-state index in [1.54, 1.807) is 12.1 Å². The molecule has 0 bridgehead atoms. The second kappa shape index (κ2) is 5.01. The zero-order valence-electron chi connectivity index (χ0n) is 11.3. The predicted molar refractivity (Wildman–Crippen MR) is 72.1 cm³/mol. The molecule has 1 atom stereocenters. The summed E-state index contributed by atoms with van der Waals surface area (Å²) in [5.41, 5.74) is 1.62. The monoisotopic (exact) mass is 296 g/mol. The first-order valence-corrected chi connectivity index (χ1v) is 7.42. The van der Waals surface area contributed by atoms with Crippen molar-refractivity contribution in [1.29, 1.82) is 0 Å². The molecule has 1 unspecified atom stereocenters. The number of Topliss-reactive ketones (excluding diaryl/α,β-unsaturated/α-hetero) is 1. The number of benzene rings is 1. The van der Waals surface area contributed by atoms with Gasteiger partial charge < -0.3 is 9.45 Å². The molecule has 0 fully saturated rings. The van der Waals surface area contributed by atoms with Gasteiger partial charge in [0.25, 0.3) is 10.3 Å². The fourth-order valence-electron chi connectivity index (χ4n) is 1.95. The van der Waals surface area contributed by atoms with Crippen molar-refractivity contribution in [3.63, 3.8) is 0 Å². The van der Waals surface area contributed by atoms with Crippen molar-refractivity contribution in [2.45, 2.75) is 6.92 Å². The van der Waals surface area contributed by atoms with Crippen LogP contribution < -0.4 is 0 Å². The van der Waals surface area contributed by atoms with Gasteiger partial charge in [0.05, 0.1) is 19.8 Å². The molecule has 108 valence electrons. The number of hydrogen-bond acceptors (Lipinski definition) is 5. The van der Waals surface area contributed by atoms with Crippen LogP contribution in [0.3, 0.4) is 0 Å². The van der Waals surface area contributed by atoms with Crippen LogP contribution in [0.25, 0.3) is 0 Å². The summed E-state index contributed by atoms with van der Waals surface area (Å²) in [5.74, 6) is -0.119. The number of rotatable bonds is 4. The Morgan fingerprint density at radius 1 is 1.35 bits per heavy atom. The first-order chi connectivity index (χ1) is 9.21. The van der Waals surface area contributed by atoms with Gasteiger partial charge in [-0.25, -0.2) is 0 Å². The number of aryl methyl sites for hydroxylation is 1. The third-order valence-corrected chi connectivity index (χ3v) is 4.55. The summed E-state index contributed by atoms with van der Waals surface area (Å²) in [6.07, 6.45) is 2.76. The van der Waals surface area contributed by atoms with E-state index in [9.17, 15) is 17.8 Å². The van der Waals surface area contributed by atoms with Gasteiger partial charge in [0.1, 0.15) is 6.20 Å². The summed E-state index contributed by atoms with van der Waals surface area (Å²) in [5, 5.41) is 0. The topological polar surface area (TPSA) is 77.5 Å². The molecule has 1 aliphatic heterocycles. The van der Waals surface area contributed by atoms with Crippen LogP contribution in [0.2, 0.25) is 0 Å². The lowest BCUT2D eigenvalue weighted by Crippen LogP contribution is -2.46. The molecule has 0 N–H and O–H groups in total. The van der Waals surface area contributed by atoms with Gasteiger partial charge in [-0.05, 0) is 6.92 Å². The Labute approximate surface area is 118 Å². The zero-order valence-corrected chi connectivity index (χ0v) is 12.1. The molecule has 0 saturated heterocycles.